The minimum atomic E-state index is 0.264. The smallest absolute Gasteiger partial charge is 0.315 e. The second kappa shape index (κ2) is 5.45. The first-order valence-corrected chi connectivity index (χ1v) is 5.66. The van der Waals surface area contributed by atoms with Crippen LogP contribution < -0.4 is 11.1 Å². The van der Waals surface area contributed by atoms with Gasteiger partial charge in [-0.25, -0.2) is 0 Å². The first kappa shape index (κ1) is 11.6. The van der Waals surface area contributed by atoms with Gasteiger partial charge in [0.2, 0.25) is 5.89 Å². The van der Waals surface area contributed by atoms with Crippen LogP contribution in [0, 0.1) is 0 Å². The molecule has 0 saturated carbocycles. The van der Waals surface area contributed by atoms with E-state index in [-0.39, 0.29) is 6.54 Å². The molecule has 0 radical (unpaired) electrons. The summed E-state index contributed by atoms with van der Waals surface area (Å²) in [4.78, 5) is 0. The number of aromatic nitrogens is 2. The highest BCUT2D eigenvalue weighted by atomic mass is 16.4. The maximum atomic E-state index is 5.39. The fourth-order valence-corrected chi connectivity index (χ4v) is 1.65. The van der Waals surface area contributed by atoms with Crippen molar-refractivity contribution in [3.05, 3.63) is 41.3 Å². The molecule has 0 saturated heterocycles. The lowest BCUT2D eigenvalue weighted by atomic mass is 10.1. The van der Waals surface area contributed by atoms with Gasteiger partial charge in [0.25, 0.3) is 0 Å². The van der Waals surface area contributed by atoms with Crippen LogP contribution in [0.4, 0.5) is 6.01 Å². The molecule has 2 rings (SSSR count). The maximum absolute atomic E-state index is 5.39. The maximum Gasteiger partial charge on any atom is 0.315 e. The number of benzene rings is 1. The van der Waals surface area contributed by atoms with E-state index in [1.54, 1.807) is 0 Å². The van der Waals surface area contributed by atoms with Crippen LogP contribution in [-0.4, -0.2) is 10.2 Å². The number of aryl methyl sites for hydroxylation is 1. The van der Waals surface area contributed by atoms with Gasteiger partial charge in [-0.2, -0.15) is 0 Å². The van der Waals surface area contributed by atoms with Crippen LogP contribution in [0.25, 0.3) is 0 Å². The molecule has 5 heteroatoms. The van der Waals surface area contributed by atoms with Crippen LogP contribution in [0.15, 0.2) is 28.7 Å². The van der Waals surface area contributed by atoms with Crippen molar-refractivity contribution in [3.8, 4) is 0 Å². The highest BCUT2D eigenvalue weighted by Crippen LogP contribution is 2.12. The number of hydrogen-bond donors (Lipinski definition) is 2. The summed E-state index contributed by atoms with van der Waals surface area (Å²) in [7, 11) is 0. The Balaban J connectivity index is 2.01. The Labute approximate surface area is 100 Å². The van der Waals surface area contributed by atoms with Gasteiger partial charge in [-0.1, -0.05) is 36.3 Å². The summed E-state index contributed by atoms with van der Waals surface area (Å²) in [5, 5.41) is 10.7. The van der Waals surface area contributed by atoms with Crippen molar-refractivity contribution < 1.29 is 4.42 Å². The molecule has 1 aromatic carbocycles. The highest BCUT2D eigenvalue weighted by Gasteiger charge is 2.04. The van der Waals surface area contributed by atoms with E-state index >= 15 is 0 Å². The number of nitrogens with two attached hydrogens (primary N) is 1. The van der Waals surface area contributed by atoms with Crippen LogP contribution >= 0.6 is 0 Å². The normalized spacial score (nSPS) is 10.5. The molecule has 0 bridgehead atoms. The Kier molecular flexibility index (Phi) is 3.72. The zero-order chi connectivity index (χ0) is 12.1. The molecule has 0 aliphatic rings. The first-order valence-electron chi connectivity index (χ1n) is 5.66. The lowest BCUT2D eigenvalue weighted by Gasteiger charge is -2.07. The summed E-state index contributed by atoms with van der Waals surface area (Å²) >= 11 is 0. The Morgan fingerprint density at radius 2 is 2.00 bits per heavy atom. The zero-order valence-electron chi connectivity index (χ0n) is 9.81. The van der Waals surface area contributed by atoms with E-state index in [1.165, 1.54) is 11.1 Å². The van der Waals surface area contributed by atoms with Crippen LogP contribution in [0.5, 0.6) is 0 Å². The SMILES string of the molecule is CCc1ccccc1CNc1nnc(CN)o1. The monoisotopic (exact) mass is 232 g/mol. The van der Waals surface area contributed by atoms with Gasteiger partial charge in [0.05, 0.1) is 6.54 Å². The average Bonchev–Trinajstić information content (AvgIpc) is 2.84. The van der Waals surface area contributed by atoms with Crippen molar-refractivity contribution in [1.29, 1.82) is 0 Å². The molecule has 90 valence electrons. The molecule has 0 aliphatic carbocycles. The molecular formula is C12H16N4O. The lowest BCUT2D eigenvalue weighted by Crippen LogP contribution is -2.02. The number of nitrogens with one attached hydrogen (secondary N) is 1. The van der Waals surface area contributed by atoms with Gasteiger partial charge >= 0.3 is 6.01 Å². The summed E-state index contributed by atoms with van der Waals surface area (Å²) in [5.41, 5.74) is 7.95. The predicted molar refractivity (Wildman–Crippen MR) is 65.3 cm³/mol. The molecule has 0 atom stereocenters. The number of anilines is 1. The lowest BCUT2D eigenvalue weighted by molar-refractivity contribution is 0.507. The molecule has 0 unspecified atom stereocenters. The first-order chi connectivity index (χ1) is 8.33. The second-order valence-corrected chi connectivity index (χ2v) is 3.68. The fraction of sp³-hybridized carbons (Fsp3) is 0.333. The Hall–Kier alpha value is -1.88. The van der Waals surface area contributed by atoms with E-state index in [0.29, 0.717) is 18.5 Å². The third kappa shape index (κ3) is 2.82. The van der Waals surface area contributed by atoms with Gasteiger partial charge in [0.15, 0.2) is 0 Å². The molecule has 0 aliphatic heterocycles. The molecular weight excluding hydrogens is 216 g/mol. The van der Waals surface area contributed by atoms with Gasteiger partial charge in [-0.15, -0.1) is 5.10 Å². The molecule has 1 aromatic heterocycles. The third-order valence-electron chi connectivity index (χ3n) is 2.57. The van der Waals surface area contributed by atoms with E-state index in [0.717, 1.165) is 6.42 Å². The van der Waals surface area contributed by atoms with Crippen molar-refractivity contribution in [3.63, 3.8) is 0 Å². The topological polar surface area (TPSA) is 77.0 Å². The molecule has 0 spiro atoms. The van der Waals surface area contributed by atoms with Crippen molar-refractivity contribution in [2.24, 2.45) is 5.73 Å². The molecule has 2 aromatic rings. The van der Waals surface area contributed by atoms with E-state index in [4.69, 9.17) is 10.2 Å². The highest BCUT2D eigenvalue weighted by molar-refractivity contribution is 5.30. The van der Waals surface area contributed by atoms with Gasteiger partial charge in [-0.3, -0.25) is 0 Å². The Morgan fingerprint density at radius 3 is 2.65 bits per heavy atom. The number of rotatable bonds is 5. The predicted octanol–water partition coefficient (Wildman–Crippen LogP) is 1.70. The largest absolute Gasteiger partial charge is 0.407 e. The average molecular weight is 232 g/mol. The van der Waals surface area contributed by atoms with Crippen LogP contribution in [-0.2, 0) is 19.5 Å². The third-order valence-corrected chi connectivity index (χ3v) is 2.57. The van der Waals surface area contributed by atoms with Crippen LogP contribution in [0.3, 0.4) is 0 Å². The summed E-state index contributed by atoms with van der Waals surface area (Å²) < 4.78 is 5.27. The van der Waals surface area contributed by atoms with Crippen LogP contribution in [0.1, 0.15) is 23.9 Å². The minimum Gasteiger partial charge on any atom is -0.407 e. The van der Waals surface area contributed by atoms with Crippen molar-refractivity contribution >= 4 is 6.01 Å². The van der Waals surface area contributed by atoms with Gasteiger partial charge < -0.3 is 15.5 Å². The molecule has 3 N–H and O–H groups in total. The number of hydrogen-bond acceptors (Lipinski definition) is 5. The van der Waals surface area contributed by atoms with Crippen molar-refractivity contribution in [2.45, 2.75) is 26.4 Å². The summed E-state index contributed by atoms with van der Waals surface area (Å²) in [5.74, 6) is 0.441. The van der Waals surface area contributed by atoms with Crippen LogP contribution in [0.2, 0.25) is 0 Å². The van der Waals surface area contributed by atoms with Gasteiger partial charge in [-0.05, 0) is 17.5 Å². The summed E-state index contributed by atoms with van der Waals surface area (Å²) in [6.07, 6.45) is 1.01. The van der Waals surface area contributed by atoms with E-state index in [9.17, 15) is 0 Å². The molecule has 17 heavy (non-hydrogen) atoms. The second-order valence-electron chi connectivity index (χ2n) is 3.68. The molecule has 1 heterocycles. The van der Waals surface area contributed by atoms with E-state index < -0.39 is 0 Å². The number of nitrogens with zero attached hydrogens (tertiary/aromatic N) is 2. The van der Waals surface area contributed by atoms with Gasteiger partial charge in [0.1, 0.15) is 0 Å². The standard InChI is InChI=1S/C12H16N4O/c1-2-9-5-3-4-6-10(9)8-14-12-16-15-11(7-13)17-12/h3-6H,2,7-8,13H2,1H3,(H,14,16). The van der Waals surface area contributed by atoms with E-state index in [2.05, 4.69) is 34.6 Å². The summed E-state index contributed by atoms with van der Waals surface area (Å²) in [6, 6.07) is 8.69. The Morgan fingerprint density at radius 1 is 1.24 bits per heavy atom. The molecule has 0 amide bonds. The Bertz CT molecular complexity index is 481. The fourth-order valence-electron chi connectivity index (χ4n) is 1.65. The molecule has 5 nitrogen and oxygen atoms in total. The molecule has 0 fully saturated rings. The van der Waals surface area contributed by atoms with E-state index in [1.807, 2.05) is 12.1 Å². The summed E-state index contributed by atoms with van der Waals surface area (Å²) in [6.45, 7) is 3.08. The van der Waals surface area contributed by atoms with Crippen molar-refractivity contribution in [1.82, 2.24) is 10.2 Å². The van der Waals surface area contributed by atoms with Crippen molar-refractivity contribution in [2.75, 3.05) is 5.32 Å². The minimum absolute atomic E-state index is 0.264. The van der Waals surface area contributed by atoms with Gasteiger partial charge in [0, 0.05) is 6.54 Å². The quantitative estimate of drug-likeness (QED) is 0.820. The zero-order valence-corrected chi connectivity index (χ0v) is 9.81.